The van der Waals surface area contributed by atoms with Gasteiger partial charge in [0.1, 0.15) is 6.17 Å². The molecular weight excluding hydrogens is 247 g/mol. The van der Waals surface area contributed by atoms with Crippen LogP contribution in [0.25, 0.3) is 0 Å². The van der Waals surface area contributed by atoms with Crippen molar-refractivity contribution in [1.82, 2.24) is 0 Å². The molecule has 0 bridgehead atoms. The van der Waals surface area contributed by atoms with E-state index in [-0.39, 0.29) is 11.3 Å². The number of hydrogen-bond acceptors (Lipinski definition) is 0. The van der Waals surface area contributed by atoms with E-state index in [4.69, 9.17) is 11.6 Å². The molecule has 18 heavy (non-hydrogen) atoms. The lowest BCUT2D eigenvalue weighted by Gasteiger charge is -2.35. The average Bonchev–Trinajstić information content (AvgIpc) is 2.37. The highest BCUT2D eigenvalue weighted by atomic mass is 35.5. The monoisotopic (exact) mass is 274 g/mol. The van der Waals surface area contributed by atoms with Gasteiger partial charge in [-0.25, -0.2) is 4.39 Å². The second kappa shape index (κ2) is 6.59. The van der Waals surface area contributed by atoms with Crippen LogP contribution in [0.4, 0.5) is 4.39 Å². The molecule has 0 radical (unpaired) electrons. The molecule has 2 aliphatic carbocycles. The summed E-state index contributed by atoms with van der Waals surface area (Å²) in [6, 6.07) is 0. The average molecular weight is 275 g/mol. The lowest BCUT2D eigenvalue weighted by molar-refractivity contribution is 0.131. The number of halogens is 2. The van der Waals surface area contributed by atoms with Crippen LogP contribution in [0.2, 0.25) is 0 Å². The molecule has 0 nitrogen and oxygen atoms in total. The second-order valence-corrected chi connectivity index (χ2v) is 7.41. The molecule has 2 rings (SSSR count). The molecule has 0 saturated heterocycles. The van der Waals surface area contributed by atoms with E-state index in [1.54, 1.807) is 0 Å². The van der Waals surface area contributed by atoms with Gasteiger partial charge < -0.3 is 0 Å². The van der Waals surface area contributed by atoms with Crippen molar-refractivity contribution in [2.45, 2.75) is 76.8 Å². The van der Waals surface area contributed by atoms with Crippen LogP contribution in [-0.4, -0.2) is 11.5 Å². The minimum atomic E-state index is -0.781. The summed E-state index contributed by atoms with van der Waals surface area (Å²) in [5.74, 6) is 2.41. The van der Waals surface area contributed by atoms with Gasteiger partial charge >= 0.3 is 0 Å². The number of hydrogen-bond donors (Lipinski definition) is 0. The predicted octanol–water partition coefficient (Wildman–Crippen LogP) is 5.58. The zero-order valence-corrected chi connectivity index (χ0v) is 12.6. The second-order valence-electron chi connectivity index (χ2n) is 6.91. The maximum Gasteiger partial charge on any atom is 0.119 e. The van der Waals surface area contributed by atoms with Gasteiger partial charge in [0.2, 0.25) is 0 Å². The van der Waals surface area contributed by atoms with Crippen molar-refractivity contribution < 1.29 is 4.39 Å². The predicted molar refractivity (Wildman–Crippen MR) is 76.8 cm³/mol. The summed E-state index contributed by atoms with van der Waals surface area (Å²) in [6.07, 6.45) is 9.37. The van der Waals surface area contributed by atoms with E-state index in [1.165, 1.54) is 32.1 Å². The molecule has 0 aliphatic heterocycles. The largest absolute Gasteiger partial charge is 0.246 e. The molecule has 0 heterocycles. The van der Waals surface area contributed by atoms with E-state index in [0.717, 1.165) is 31.1 Å². The van der Waals surface area contributed by atoms with E-state index in [2.05, 4.69) is 6.92 Å². The SMILES string of the molecule is CC1CCC(CCC2CCC(C)C(F)C2Cl)CC1. The quantitative estimate of drug-likeness (QED) is 0.589. The molecule has 0 amide bonds. The Morgan fingerprint density at radius 3 is 2.28 bits per heavy atom. The lowest BCUT2D eigenvalue weighted by atomic mass is 9.75. The van der Waals surface area contributed by atoms with Crippen LogP contribution in [0.3, 0.4) is 0 Å². The third-order valence-electron chi connectivity index (χ3n) is 5.37. The van der Waals surface area contributed by atoms with E-state index < -0.39 is 6.17 Å². The Kier molecular flexibility index (Phi) is 5.35. The van der Waals surface area contributed by atoms with Crippen molar-refractivity contribution in [3.05, 3.63) is 0 Å². The fourth-order valence-electron chi connectivity index (χ4n) is 3.74. The van der Waals surface area contributed by atoms with E-state index in [9.17, 15) is 4.39 Å². The van der Waals surface area contributed by atoms with Crippen molar-refractivity contribution in [2.24, 2.45) is 23.7 Å². The molecule has 2 fully saturated rings. The maximum absolute atomic E-state index is 13.9. The highest BCUT2D eigenvalue weighted by molar-refractivity contribution is 6.21. The zero-order chi connectivity index (χ0) is 13.1. The van der Waals surface area contributed by atoms with Crippen molar-refractivity contribution in [3.8, 4) is 0 Å². The fourth-order valence-corrected chi connectivity index (χ4v) is 4.24. The molecule has 106 valence electrons. The molecule has 0 N–H and O–H groups in total. The van der Waals surface area contributed by atoms with Gasteiger partial charge in [0.05, 0.1) is 5.38 Å². The summed E-state index contributed by atoms with van der Waals surface area (Å²) >= 11 is 6.29. The minimum Gasteiger partial charge on any atom is -0.246 e. The number of alkyl halides is 2. The van der Waals surface area contributed by atoms with Gasteiger partial charge in [0.15, 0.2) is 0 Å². The normalized spacial score (nSPS) is 46.0. The first-order valence-electron chi connectivity index (χ1n) is 7.86. The third-order valence-corrected chi connectivity index (χ3v) is 5.97. The van der Waals surface area contributed by atoms with Crippen molar-refractivity contribution in [1.29, 1.82) is 0 Å². The molecule has 2 aliphatic rings. The van der Waals surface area contributed by atoms with Gasteiger partial charge in [-0.1, -0.05) is 46.0 Å². The first kappa shape index (κ1) is 14.6. The van der Waals surface area contributed by atoms with Gasteiger partial charge in [-0.2, -0.15) is 0 Å². The van der Waals surface area contributed by atoms with Gasteiger partial charge in [-0.3, -0.25) is 0 Å². The molecule has 2 heteroatoms. The minimum absolute atomic E-state index is 0.166. The molecule has 0 aromatic heterocycles. The summed E-state index contributed by atoms with van der Waals surface area (Å²) in [7, 11) is 0. The van der Waals surface area contributed by atoms with Gasteiger partial charge in [0.25, 0.3) is 0 Å². The molecule has 0 spiro atoms. The van der Waals surface area contributed by atoms with Crippen LogP contribution >= 0.6 is 11.6 Å². The third kappa shape index (κ3) is 3.62. The molecular formula is C16H28ClF. The Balaban J connectivity index is 1.73. The molecule has 0 aromatic rings. The highest BCUT2D eigenvalue weighted by Crippen LogP contribution is 2.39. The molecule has 2 saturated carbocycles. The number of rotatable bonds is 3. The molecule has 0 aromatic carbocycles. The summed E-state index contributed by atoms with van der Waals surface area (Å²) in [5, 5.41) is -0.226. The standard InChI is InChI=1S/C16H28ClF/c1-11-3-6-13(7-4-11)8-10-14-9-5-12(2)16(18)15(14)17/h11-16H,3-10H2,1-2H3. The van der Waals surface area contributed by atoms with Crippen molar-refractivity contribution in [2.75, 3.05) is 0 Å². The van der Waals surface area contributed by atoms with Crippen LogP contribution in [0.5, 0.6) is 0 Å². The molecule has 4 unspecified atom stereocenters. The highest BCUT2D eigenvalue weighted by Gasteiger charge is 2.36. The first-order valence-corrected chi connectivity index (χ1v) is 8.29. The first-order chi connectivity index (χ1) is 8.58. The van der Waals surface area contributed by atoms with Crippen LogP contribution in [0.1, 0.15) is 65.2 Å². The van der Waals surface area contributed by atoms with Gasteiger partial charge in [-0.05, 0) is 42.9 Å². The van der Waals surface area contributed by atoms with Gasteiger partial charge in [-0.15, -0.1) is 11.6 Å². The van der Waals surface area contributed by atoms with Crippen LogP contribution in [-0.2, 0) is 0 Å². The van der Waals surface area contributed by atoms with E-state index >= 15 is 0 Å². The summed E-state index contributed by atoms with van der Waals surface area (Å²) < 4.78 is 13.9. The van der Waals surface area contributed by atoms with Crippen molar-refractivity contribution in [3.63, 3.8) is 0 Å². The molecule has 4 atom stereocenters. The topological polar surface area (TPSA) is 0 Å². The van der Waals surface area contributed by atoms with Crippen LogP contribution in [0, 0.1) is 23.7 Å². The van der Waals surface area contributed by atoms with Crippen LogP contribution in [0.15, 0.2) is 0 Å². The summed E-state index contributed by atoms with van der Waals surface area (Å²) in [4.78, 5) is 0. The van der Waals surface area contributed by atoms with E-state index in [1.807, 2.05) is 6.92 Å². The van der Waals surface area contributed by atoms with E-state index in [0.29, 0.717) is 5.92 Å². The Hall–Kier alpha value is 0.220. The van der Waals surface area contributed by atoms with Crippen molar-refractivity contribution >= 4 is 11.6 Å². The van der Waals surface area contributed by atoms with Gasteiger partial charge in [0, 0.05) is 0 Å². The Morgan fingerprint density at radius 1 is 0.944 bits per heavy atom. The van der Waals surface area contributed by atoms with Crippen LogP contribution < -0.4 is 0 Å². The Bertz CT molecular complexity index is 247. The summed E-state index contributed by atoms with van der Waals surface area (Å²) in [6.45, 7) is 4.36. The summed E-state index contributed by atoms with van der Waals surface area (Å²) in [5.41, 5.74) is 0. The lowest BCUT2D eigenvalue weighted by Crippen LogP contribution is -2.36. The Morgan fingerprint density at radius 2 is 1.61 bits per heavy atom. The Labute approximate surface area is 117 Å². The zero-order valence-electron chi connectivity index (χ0n) is 11.9. The fraction of sp³-hybridized carbons (Fsp3) is 1.00. The smallest absolute Gasteiger partial charge is 0.119 e. The maximum atomic E-state index is 13.9.